The van der Waals surface area contributed by atoms with Gasteiger partial charge >= 0.3 is 12.0 Å². The molecule has 1 unspecified atom stereocenters. The van der Waals surface area contributed by atoms with Gasteiger partial charge in [-0.25, -0.2) is 9.59 Å². The monoisotopic (exact) mass is 340 g/mol. The predicted molar refractivity (Wildman–Crippen MR) is 80.1 cm³/mol. The number of hydrogen-bond donors (Lipinski definition) is 2. The molecule has 1 atom stereocenters. The minimum absolute atomic E-state index is 0.0833. The normalized spacial score (nSPS) is 18.1. The molecule has 2 N–H and O–H groups in total. The minimum Gasteiger partial charge on any atom is -0.478 e. The Bertz CT molecular complexity index is 533. The lowest BCUT2D eigenvalue weighted by Crippen LogP contribution is -2.38. The van der Waals surface area contributed by atoms with Gasteiger partial charge in [0.05, 0.1) is 11.3 Å². The summed E-state index contributed by atoms with van der Waals surface area (Å²) in [6.45, 7) is 2.78. The Labute approximate surface area is 126 Å². The Morgan fingerprint density at radius 2 is 2.25 bits per heavy atom. The smallest absolute Gasteiger partial charge is 0.337 e. The van der Waals surface area contributed by atoms with Crippen molar-refractivity contribution in [1.29, 1.82) is 0 Å². The van der Waals surface area contributed by atoms with Gasteiger partial charge in [0.25, 0.3) is 0 Å². The molecule has 0 aliphatic carbocycles. The van der Waals surface area contributed by atoms with Gasteiger partial charge in [-0.05, 0) is 37.5 Å². The van der Waals surface area contributed by atoms with E-state index in [1.54, 1.807) is 17.0 Å². The van der Waals surface area contributed by atoms with Crippen molar-refractivity contribution < 1.29 is 14.7 Å². The van der Waals surface area contributed by atoms with Crippen molar-refractivity contribution >= 4 is 33.6 Å². The number of nitrogens with zero attached hydrogens (tertiary/aromatic N) is 1. The first-order chi connectivity index (χ1) is 9.52. The molecule has 1 aromatic carbocycles. The Balaban J connectivity index is 2.17. The zero-order chi connectivity index (χ0) is 14.7. The molecular weight excluding hydrogens is 324 g/mol. The molecule has 1 saturated heterocycles. The Morgan fingerprint density at radius 3 is 2.90 bits per heavy atom. The predicted octanol–water partition coefficient (Wildman–Crippen LogP) is 3.55. The number of carboxylic acids is 1. The number of hydrogen-bond acceptors (Lipinski definition) is 2. The molecule has 1 aromatic rings. The molecular formula is C14H17BrN2O3. The summed E-state index contributed by atoms with van der Waals surface area (Å²) in [5.41, 5.74) is 0.410. The van der Waals surface area contributed by atoms with Crippen LogP contribution in [-0.4, -0.2) is 34.6 Å². The summed E-state index contributed by atoms with van der Waals surface area (Å²) in [5.74, 6) is -1.06. The van der Waals surface area contributed by atoms with E-state index in [0.717, 1.165) is 25.8 Å². The van der Waals surface area contributed by atoms with Crippen molar-refractivity contribution in [3.05, 3.63) is 28.2 Å². The van der Waals surface area contributed by atoms with E-state index in [-0.39, 0.29) is 17.6 Å². The average Bonchev–Trinajstić information content (AvgIpc) is 2.89. The topological polar surface area (TPSA) is 69.6 Å². The molecule has 0 radical (unpaired) electrons. The fourth-order valence-corrected chi connectivity index (χ4v) is 2.88. The van der Waals surface area contributed by atoms with Crippen LogP contribution in [-0.2, 0) is 0 Å². The molecule has 0 aromatic heterocycles. The van der Waals surface area contributed by atoms with Crippen molar-refractivity contribution in [3.63, 3.8) is 0 Å². The van der Waals surface area contributed by atoms with Crippen LogP contribution in [0.15, 0.2) is 22.7 Å². The highest BCUT2D eigenvalue weighted by molar-refractivity contribution is 9.10. The van der Waals surface area contributed by atoms with Gasteiger partial charge in [-0.15, -0.1) is 0 Å². The zero-order valence-corrected chi connectivity index (χ0v) is 12.8. The summed E-state index contributed by atoms with van der Waals surface area (Å²) >= 11 is 3.23. The SMILES string of the molecule is CCC1CCCN1C(=O)Nc1ccc(Br)cc1C(=O)O. The van der Waals surface area contributed by atoms with Crippen LogP contribution in [0.3, 0.4) is 0 Å². The molecule has 0 saturated carbocycles. The van der Waals surface area contributed by atoms with Gasteiger partial charge in [0.2, 0.25) is 0 Å². The number of carbonyl (C=O) groups is 2. The van der Waals surface area contributed by atoms with Crippen LogP contribution in [0.4, 0.5) is 10.5 Å². The summed E-state index contributed by atoms with van der Waals surface area (Å²) in [5, 5.41) is 11.9. The number of urea groups is 1. The van der Waals surface area contributed by atoms with E-state index < -0.39 is 5.97 Å². The summed E-state index contributed by atoms with van der Waals surface area (Å²) in [4.78, 5) is 25.3. The number of benzene rings is 1. The van der Waals surface area contributed by atoms with E-state index in [4.69, 9.17) is 0 Å². The molecule has 2 rings (SSSR count). The van der Waals surface area contributed by atoms with Crippen LogP contribution in [0.25, 0.3) is 0 Å². The van der Waals surface area contributed by atoms with E-state index >= 15 is 0 Å². The number of aromatic carboxylic acids is 1. The Hall–Kier alpha value is -1.56. The number of carboxylic acid groups (broad SMARTS) is 1. The maximum atomic E-state index is 12.3. The summed E-state index contributed by atoms with van der Waals surface area (Å²) in [7, 11) is 0. The lowest BCUT2D eigenvalue weighted by Gasteiger charge is -2.24. The first kappa shape index (κ1) is 14.8. The zero-order valence-electron chi connectivity index (χ0n) is 11.2. The molecule has 2 amide bonds. The van der Waals surface area contributed by atoms with Crippen LogP contribution in [0.2, 0.25) is 0 Å². The Kier molecular flexibility index (Phi) is 4.65. The third-order valence-electron chi connectivity index (χ3n) is 3.56. The maximum Gasteiger partial charge on any atom is 0.337 e. The van der Waals surface area contributed by atoms with Crippen LogP contribution in [0.5, 0.6) is 0 Å². The van der Waals surface area contributed by atoms with E-state index in [9.17, 15) is 14.7 Å². The number of carbonyl (C=O) groups excluding carboxylic acids is 1. The van der Waals surface area contributed by atoms with Crippen molar-refractivity contribution in [2.75, 3.05) is 11.9 Å². The van der Waals surface area contributed by atoms with Crippen molar-refractivity contribution in [1.82, 2.24) is 4.90 Å². The molecule has 1 aliphatic rings. The number of anilines is 1. The van der Waals surface area contributed by atoms with Gasteiger partial charge in [0, 0.05) is 17.1 Å². The largest absolute Gasteiger partial charge is 0.478 e. The van der Waals surface area contributed by atoms with Gasteiger partial charge in [-0.2, -0.15) is 0 Å². The Morgan fingerprint density at radius 1 is 1.50 bits per heavy atom. The van der Waals surface area contributed by atoms with Gasteiger partial charge < -0.3 is 15.3 Å². The van der Waals surface area contributed by atoms with Crippen LogP contribution in [0, 0.1) is 0 Å². The second-order valence-corrected chi connectivity index (χ2v) is 5.74. The van der Waals surface area contributed by atoms with Crippen LogP contribution in [0.1, 0.15) is 36.5 Å². The van der Waals surface area contributed by atoms with Gasteiger partial charge in [0.1, 0.15) is 0 Å². The van der Waals surface area contributed by atoms with Gasteiger partial charge in [-0.3, -0.25) is 0 Å². The van der Waals surface area contributed by atoms with Crippen molar-refractivity contribution in [3.8, 4) is 0 Å². The van der Waals surface area contributed by atoms with Crippen molar-refractivity contribution in [2.24, 2.45) is 0 Å². The van der Waals surface area contributed by atoms with Gasteiger partial charge in [-0.1, -0.05) is 22.9 Å². The number of rotatable bonds is 3. The van der Waals surface area contributed by atoms with Crippen LogP contribution < -0.4 is 5.32 Å². The quantitative estimate of drug-likeness (QED) is 0.883. The fourth-order valence-electron chi connectivity index (χ4n) is 2.52. The highest BCUT2D eigenvalue weighted by atomic mass is 79.9. The first-order valence-electron chi connectivity index (χ1n) is 6.63. The lowest BCUT2D eigenvalue weighted by atomic mass is 10.1. The van der Waals surface area contributed by atoms with Crippen LogP contribution >= 0.6 is 15.9 Å². The van der Waals surface area contributed by atoms with E-state index in [0.29, 0.717) is 10.2 Å². The highest BCUT2D eigenvalue weighted by Crippen LogP contribution is 2.24. The molecule has 1 aliphatic heterocycles. The second kappa shape index (κ2) is 6.26. The molecule has 20 heavy (non-hydrogen) atoms. The van der Waals surface area contributed by atoms with Gasteiger partial charge in [0.15, 0.2) is 0 Å². The highest BCUT2D eigenvalue weighted by Gasteiger charge is 2.27. The number of amides is 2. The maximum absolute atomic E-state index is 12.3. The molecule has 0 bridgehead atoms. The van der Waals surface area contributed by atoms with E-state index in [1.807, 2.05) is 0 Å². The third-order valence-corrected chi connectivity index (χ3v) is 4.06. The third kappa shape index (κ3) is 3.12. The number of nitrogens with one attached hydrogen (secondary N) is 1. The molecule has 1 fully saturated rings. The summed E-state index contributed by atoms with van der Waals surface area (Å²) < 4.78 is 0.667. The molecule has 0 spiro atoms. The summed E-state index contributed by atoms with van der Waals surface area (Å²) in [6.07, 6.45) is 2.92. The van der Waals surface area contributed by atoms with E-state index in [2.05, 4.69) is 28.2 Å². The molecule has 5 nitrogen and oxygen atoms in total. The standard InChI is InChI=1S/C14H17BrN2O3/c1-2-10-4-3-7-17(10)14(20)16-12-6-5-9(15)8-11(12)13(18)19/h5-6,8,10H,2-4,7H2,1H3,(H,16,20)(H,18,19). The average molecular weight is 341 g/mol. The molecule has 108 valence electrons. The molecule has 1 heterocycles. The minimum atomic E-state index is -1.06. The van der Waals surface area contributed by atoms with Crippen molar-refractivity contribution in [2.45, 2.75) is 32.2 Å². The summed E-state index contributed by atoms with van der Waals surface area (Å²) in [6, 6.07) is 4.82. The number of halogens is 1. The fraction of sp³-hybridized carbons (Fsp3) is 0.429. The first-order valence-corrected chi connectivity index (χ1v) is 7.42. The number of likely N-dealkylation sites (tertiary alicyclic amines) is 1. The van der Waals surface area contributed by atoms with E-state index in [1.165, 1.54) is 6.07 Å². The second-order valence-electron chi connectivity index (χ2n) is 4.82. The lowest BCUT2D eigenvalue weighted by molar-refractivity contribution is 0.0698. The molecule has 6 heteroatoms.